The first-order chi connectivity index (χ1) is 9.01. The Morgan fingerprint density at radius 1 is 1.45 bits per heavy atom. The van der Waals surface area contributed by atoms with Crippen LogP contribution >= 0.6 is 12.4 Å². The molecule has 3 atom stereocenters. The Morgan fingerprint density at radius 2 is 2.10 bits per heavy atom. The highest BCUT2D eigenvalue weighted by Gasteiger charge is 2.33. The molecule has 1 heterocycles. The molecule has 0 radical (unpaired) electrons. The number of urea groups is 1. The van der Waals surface area contributed by atoms with E-state index in [1.54, 1.807) is 0 Å². The number of amides is 3. The summed E-state index contributed by atoms with van der Waals surface area (Å²) in [7, 11) is 0. The molecule has 0 aromatic rings. The summed E-state index contributed by atoms with van der Waals surface area (Å²) in [6.45, 7) is 7.70. The van der Waals surface area contributed by atoms with Gasteiger partial charge in [0.05, 0.1) is 6.04 Å². The predicted octanol–water partition coefficient (Wildman–Crippen LogP) is 0.702. The van der Waals surface area contributed by atoms with E-state index in [4.69, 9.17) is 5.73 Å². The molecule has 118 valence electrons. The molecule has 3 unspecified atom stereocenters. The Morgan fingerprint density at radius 3 is 2.65 bits per heavy atom. The molecule has 1 saturated heterocycles. The molecule has 0 spiro atoms. The standard InChI is InChI=1S/C13H26N4O2.ClH/c1-4-15-13(19)16-12(18)10(3)17-7-5-6-9(2)11(17)8-14;/h9-11H,4-8,14H2,1-3H3,(H2,15,16,18,19);1H. The van der Waals surface area contributed by atoms with Crippen LogP contribution in [0.3, 0.4) is 0 Å². The highest BCUT2D eigenvalue weighted by atomic mass is 35.5. The monoisotopic (exact) mass is 306 g/mol. The second-order valence-electron chi connectivity index (χ2n) is 5.19. The molecule has 0 aromatic heterocycles. The molecular weight excluding hydrogens is 280 g/mol. The lowest BCUT2D eigenvalue weighted by atomic mass is 9.89. The number of halogens is 1. The third kappa shape index (κ3) is 4.92. The lowest BCUT2D eigenvalue weighted by molar-refractivity contribution is -0.126. The van der Waals surface area contributed by atoms with Crippen molar-refractivity contribution in [2.75, 3.05) is 19.6 Å². The smallest absolute Gasteiger partial charge is 0.321 e. The van der Waals surface area contributed by atoms with E-state index in [0.29, 0.717) is 19.0 Å². The van der Waals surface area contributed by atoms with Gasteiger partial charge in [0.1, 0.15) is 0 Å². The number of nitrogens with zero attached hydrogens (tertiary/aromatic N) is 1. The summed E-state index contributed by atoms with van der Waals surface area (Å²) in [4.78, 5) is 25.5. The fraction of sp³-hybridized carbons (Fsp3) is 0.846. The molecule has 4 N–H and O–H groups in total. The Bertz CT molecular complexity index is 327. The maximum Gasteiger partial charge on any atom is 0.321 e. The van der Waals surface area contributed by atoms with Crippen molar-refractivity contribution >= 4 is 24.3 Å². The molecular formula is C13H27ClN4O2. The summed E-state index contributed by atoms with van der Waals surface area (Å²) in [5.74, 6) is 0.219. The summed E-state index contributed by atoms with van der Waals surface area (Å²) in [6, 6.07) is -0.559. The van der Waals surface area contributed by atoms with E-state index < -0.39 is 6.03 Å². The van der Waals surface area contributed by atoms with Crippen LogP contribution in [0.5, 0.6) is 0 Å². The van der Waals surface area contributed by atoms with Crippen molar-refractivity contribution in [3.05, 3.63) is 0 Å². The minimum absolute atomic E-state index is 0. The van der Waals surface area contributed by atoms with E-state index in [2.05, 4.69) is 22.5 Å². The van der Waals surface area contributed by atoms with Gasteiger partial charge in [0.15, 0.2) is 0 Å². The zero-order valence-electron chi connectivity index (χ0n) is 12.5. The Kier molecular flexibility index (Phi) is 8.76. The van der Waals surface area contributed by atoms with E-state index in [9.17, 15) is 9.59 Å². The molecule has 0 saturated carbocycles. The molecule has 1 aliphatic rings. The Labute approximate surface area is 127 Å². The van der Waals surface area contributed by atoms with Gasteiger partial charge in [-0.25, -0.2) is 4.79 Å². The predicted molar refractivity (Wildman–Crippen MR) is 81.9 cm³/mol. The van der Waals surface area contributed by atoms with Crippen molar-refractivity contribution in [3.63, 3.8) is 0 Å². The van der Waals surface area contributed by atoms with Gasteiger partial charge in [0.2, 0.25) is 5.91 Å². The van der Waals surface area contributed by atoms with Gasteiger partial charge in [-0.3, -0.25) is 15.0 Å². The molecule has 3 amide bonds. The SMILES string of the molecule is CCNC(=O)NC(=O)C(C)N1CCCC(C)C1CN.Cl. The van der Waals surface area contributed by atoms with Crippen LogP contribution in [0.25, 0.3) is 0 Å². The molecule has 0 aromatic carbocycles. The zero-order valence-corrected chi connectivity index (χ0v) is 13.3. The van der Waals surface area contributed by atoms with Crippen molar-refractivity contribution in [1.82, 2.24) is 15.5 Å². The van der Waals surface area contributed by atoms with Gasteiger partial charge < -0.3 is 11.1 Å². The molecule has 1 aliphatic heterocycles. The first-order valence-electron chi connectivity index (χ1n) is 7.05. The number of likely N-dealkylation sites (tertiary alicyclic amines) is 1. The summed E-state index contributed by atoms with van der Waals surface area (Å²) in [6.07, 6.45) is 2.21. The van der Waals surface area contributed by atoms with Gasteiger partial charge in [-0.05, 0) is 39.2 Å². The summed E-state index contributed by atoms with van der Waals surface area (Å²) in [5.41, 5.74) is 5.82. The van der Waals surface area contributed by atoms with Gasteiger partial charge in [-0.15, -0.1) is 12.4 Å². The van der Waals surface area contributed by atoms with Gasteiger partial charge >= 0.3 is 6.03 Å². The number of imide groups is 1. The van der Waals surface area contributed by atoms with Gasteiger partial charge in [0.25, 0.3) is 0 Å². The molecule has 7 heteroatoms. The molecule has 20 heavy (non-hydrogen) atoms. The van der Waals surface area contributed by atoms with Crippen LogP contribution in [-0.4, -0.2) is 48.6 Å². The van der Waals surface area contributed by atoms with Crippen LogP contribution in [-0.2, 0) is 4.79 Å². The van der Waals surface area contributed by atoms with Crippen molar-refractivity contribution in [1.29, 1.82) is 0 Å². The average Bonchev–Trinajstić information content (AvgIpc) is 2.37. The van der Waals surface area contributed by atoms with Crippen molar-refractivity contribution < 1.29 is 9.59 Å². The van der Waals surface area contributed by atoms with Gasteiger partial charge in [-0.2, -0.15) is 0 Å². The Balaban J connectivity index is 0.00000361. The second kappa shape index (κ2) is 9.15. The third-order valence-electron chi connectivity index (χ3n) is 3.85. The first kappa shape index (κ1) is 19.1. The van der Waals surface area contributed by atoms with Crippen LogP contribution in [0.1, 0.15) is 33.6 Å². The van der Waals surface area contributed by atoms with Gasteiger partial charge in [-0.1, -0.05) is 6.92 Å². The zero-order chi connectivity index (χ0) is 14.4. The van der Waals surface area contributed by atoms with Crippen LogP contribution < -0.4 is 16.4 Å². The number of carbonyl (C=O) groups excluding carboxylic acids is 2. The van der Waals surface area contributed by atoms with Crippen molar-refractivity contribution in [2.24, 2.45) is 11.7 Å². The number of nitrogens with two attached hydrogens (primary N) is 1. The number of hydrogen-bond donors (Lipinski definition) is 3. The number of nitrogens with one attached hydrogen (secondary N) is 2. The summed E-state index contributed by atoms with van der Waals surface area (Å²) >= 11 is 0. The normalized spacial score (nSPS) is 24.4. The average molecular weight is 307 g/mol. The molecule has 1 fully saturated rings. The highest BCUT2D eigenvalue weighted by molar-refractivity contribution is 5.96. The summed E-state index contributed by atoms with van der Waals surface area (Å²) in [5, 5.41) is 4.92. The topological polar surface area (TPSA) is 87.5 Å². The van der Waals surface area contributed by atoms with E-state index in [0.717, 1.165) is 19.4 Å². The number of rotatable bonds is 4. The molecule has 6 nitrogen and oxygen atoms in total. The lowest BCUT2D eigenvalue weighted by Crippen LogP contribution is -2.57. The summed E-state index contributed by atoms with van der Waals surface area (Å²) < 4.78 is 0. The van der Waals surface area contributed by atoms with Crippen molar-refractivity contribution in [2.45, 2.75) is 45.7 Å². The van der Waals surface area contributed by atoms with E-state index in [1.165, 1.54) is 0 Å². The van der Waals surface area contributed by atoms with E-state index >= 15 is 0 Å². The fourth-order valence-corrected chi connectivity index (χ4v) is 2.70. The second-order valence-corrected chi connectivity index (χ2v) is 5.19. The van der Waals surface area contributed by atoms with Gasteiger partial charge in [0, 0.05) is 19.1 Å². The maximum atomic E-state index is 12.0. The molecule has 0 aliphatic carbocycles. The number of carbonyl (C=O) groups is 2. The highest BCUT2D eigenvalue weighted by Crippen LogP contribution is 2.24. The van der Waals surface area contributed by atoms with Crippen LogP contribution in [0, 0.1) is 5.92 Å². The fourth-order valence-electron chi connectivity index (χ4n) is 2.70. The largest absolute Gasteiger partial charge is 0.338 e. The minimum Gasteiger partial charge on any atom is -0.338 e. The maximum absolute atomic E-state index is 12.0. The number of piperidine rings is 1. The van der Waals surface area contributed by atoms with Crippen LogP contribution in [0.15, 0.2) is 0 Å². The Hall–Kier alpha value is -0.850. The quantitative estimate of drug-likeness (QED) is 0.713. The van der Waals surface area contributed by atoms with Crippen LogP contribution in [0.2, 0.25) is 0 Å². The lowest BCUT2D eigenvalue weighted by Gasteiger charge is -2.42. The first-order valence-corrected chi connectivity index (χ1v) is 7.05. The van der Waals surface area contributed by atoms with Crippen molar-refractivity contribution in [3.8, 4) is 0 Å². The third-order valence-corrected chi connectivity index (χ3v) is 3.85. The van der Waals surface area contributed by atoms with E-state index in [-0.39, 0.29) is 30.4 Å². The molecule has 0 bridgehead atoms. The number of hydrogen-bond acceptors (Lipinski definition) is 4. The molecule has 1 rings (SSSR count). The van der Waals surface area contributed by atoms with E-state index in [1.807, 2.05) is 13.8 Å². The minimum atomic E-state index is -0.436. The van der Waals surface area contributed by atoms with Crippen LogP contribution in [0.4, 0.5) is 4.79 Å².